The lowest BCUT2D eigenvalue weighted by Crippen LogP contribution is -2.59. The predicted molar refractivity (Wildman–Crippen MR) is 93.7 cm³/mol. The number of hydrogen-bond donors (Lipinski definition) is 2. The summed E-state index contributed by atoms with van der Waals surface area (Å²) in [5.41, 5.74) is 3.76. The van der Waals surface area contributed by atoms with E-state index in [9.17, 15) is 9.90 Å². The SMILES string of the molecule is C[C@]12CC3CC(C(=O)N/N=C/c4ccccc4O)(C1)C[C@@](C)(C3)C2. The van der Waals surface area contributed by atoms with Crippen molar-refractivity contribution in [2.75, 3.05) is 0 Å². The van der Waals surface area contributed by atoms with Gasteiger partial charge < -0.3 is 5.11 Å². The Labute approximate surface area is 143 Å². The zero-order valence-electron chi connectivity index (χ0n) is 14.5. The Balaban J connectivity index is 1.51. The number of benzene rings is 1. The molecule has 1 aromatic rings. The standard InChI is InChI=1S/C20H26N2O2/c1-18-7-14-8-19(2,11-18)13-20(9-14,12-18)17(24)22-21-10-15-5-3-4-6-16(15)23/h3-6,10,14,23H,7-9,11-13H2,1-2H3,(H,22,24)/b21-10+/t14?,18-,19+,20?. The molecule has 0 spiro atoms. The van der Waals surface area contributed by atoms with Gasteiger partial charge in [0.2, 0.25) is 5.91 Å². The first-order valence-electron chi connectivity index (χ1n) is 8.93. The molecule has 4 nitrogen and oxygen atoms in total. The highest BCUT2D eigenvalue weighted by Gasteiger charge is 2.62. The Morgan fingerprint density at radius 1 is 1.17 bits per heavy atom. The van der Waals surface area contributed by atoms with Crippen molar-refractivity contribution in [3.05, 3.63) is 29.8 Å². The molecule has 0 saturated heterocycles. The fraction of sp³-hybridized carbons (Fsp3) is 0.600. The molecular formula is C20H26N2O2. The van der Waals surface area contributed by atoms with Gasteiger partial charge in [-0.05, 0) is 67.4 Å². The molecule has 1 amide bonds. The molecule has 4 saturated carbocycles. The first-order chi connectivity index (χ1) is 11.3. The van der Waals surface area contributed by atoms with E-state index < -0.39 is 0 Å². The molecule has 4 fully saturated rings. The van der Waals surface area contributed by atoms with Crippen molar-refractivity contribution in [1.82, 2.24) is 5.43 Å². The van der Waals surface area contributed by atoms with Gasteiger partial charge in [0.1, 0.15) is 5.75 Å². The minimum atomic E-state index is -0.251. The quantitative estimate of drug-likeness (QED) is 0.655. The van der Waals surface area contributed by atoms with E-state index in [0.717, 1.165) is 19.3 Å². The highest BCUT2D eigenvalue weighted by molar-refractivity contribution is 5.87. The molecule has 4 bridgehead atoms. The van der Waals surface area contributed by atoms with Gasteiger partial charge in [-0.1, -0.05) is 26.0 Å². The third-order valence-corrected chi connectivity index (χ3v) is 6.41. The lowest BCUT2D eigenvalue weighted by molar-refractivity contribution is -0.170. The number of phenols is 1. The number of para-hydroxylation sites is 1. The number of aromatic hydroxyl groups is 1. The maximum Gasteiger partial charge on any atom is 0.246 e. The van der Waals surface area contributed by atoms with Crippen molar-refractivity contribution in [3.8, 4) is 5.75 Å². The Hall–Kier alpha value is -1.84. The van der Waals surface area contributed by atoms with Gasteiger partial charge in [-0.3, -0.25) is 4.79 Å². The Morgan fingerprint density at radius 3 is 2.46 bits per heavy atom. The molecule has 5 rings (SSSR count). The summed E-state index contributed by atoms with van der Waals surface area (Å²) in [4.78, 5) is 13.0. The lowest BCUT2D eigenvalue weighted by Gasteiger charge is -2.64. The summed E-state index contributed by atoms with van der Waals surface area (Å²) in [5.74, 6) is 0.921. The molecule has 4 heteroatoms. The number of hydrazone groups is 1. The highest BCUT2D eigenvalue weighted by Crippen LogP contribution is 2.69. The van der Waals surface area contributed by atoms with Crippen molar-refractivity contribution >= 4 is 12.1 Å². The van der Waals surface area contributed by atoms with E-state index in [1.165, 1.54) is 25.5 Å². The van der Waals surface area contributed by atoms with Gasteiger partial charge in [0, 0.05) is 5.56 Å². The van der Waals surface area contributed by atoms with Crippen LogP contribution >= 0.6 is 0 Å². The van der Waals surface area contributed by atoms with E-state index in [1.54, 1.807) is 18.2 Å². The maximum atomic E-state index is 13.0. The molecule has 0 aromatic heterocycles. The van der Waals surface area contributed by atoms with E-state index in [2.05, 4.69) is 24.4 Å². The summed E-state index contributed by atoms with van der Waals surface area (Å²) >= 11 is 0. The van der Waals surface area contributed by atoms with Crippen LogP contribution in [0.1, 0.15) is 57.9 Å². The summed E-state index contributed by atoms with van der Waals surface area (Å²) in [6.07, 6.45) is 8.32. The largest absolute Gasteiger partial charge is 0.507 e. The third-order valence-electron chi connectivity index (χ3n) is 6.41. The van der Waals surface area contributed by atoms with Crippen LogP contribution in [0.5, 0.6) is 5.75 Å². The van der Waals surface area contributed by atoms with Gasteiger partial charge >= 0.3 is 0 Å². The van der Waals surface area contributed by atoms with Crippen molar-refractivity contribution in [2.45, 2.75) is 52.4 Å². The molecular weight excluding hydrogens is 300 g/mol. The zero-order valence-corrected chi connectivity index (χ0v) is 14.5. The second-order valence-corrected chi connectivity index (χ2v) is 9.17. The summed E-state index contributed by atoms with van der Waals surface area (Å²) in [6, 6.07) is 6.99. The predicted octanol–water partition coefficient (Wildman–Crippen LogP) is 3.84. The van der Waals surface area contributed by atoms with Crippen molar-refractivity contribution < 1.29 is 9.90 Å². The summed E-state index contributed by atoms with van der Waals surface area (Å²) in [6.45, 7) is 4.73. The van der Waals surface area contributed by atoms with Crippen LogP contribution in [0.4, 0.5) is 0 Å². The Kier molecular flexibility index (Phi) is 3.32. The molecule has 4 aliphatic carbocycles. The fourth-order valence-electron chi connectivity index (χ4n) is 6.58. The van der Waals surface area contributed by atoms with E-state index in [-0.39, 0.29) is 17.1 Å². The van der Waals surface area contributed by atoms with Crippen molar-refractivity contribution in [3.63, 3.8) is 0 Å². The van der Waals surface area contributed by atoms with E-state index in [1.807, 2.05) is 6.07 Å². The second kappa shape index (κ2) is 5.08. The van der Waals surface area contributed by atoms with Crippen LogP contribution in [0, 0.1) is 22.2 Å². The maximum absolute atomic E-state index is 13.0. The van der Waals surface area contributed by atoms with Crippen LogP contribution < -0.4 is 5.43 Å². The van der Waals surface area contributed by atoms with Gasteiger partial charge in [0.05, 0.1) is 11.6 Å². The van der Waals surface area contributed by atoms with Gasteiger partial charge in [0.15, 0.2) is 0 Å². The first kappa shape index (κ1) is 15.7. The van der Waals surface area contributed by atoms with Crippen LogP contribution in [0.2, 0.25) is 0 Å². The van der Waals surface area contributed by atoms with Gasteiger partial charge in [-0.15, -0.1) is 0 Å². The van der Waals surface area contributed by atoms with Crippen LogP contribution in [0.3, 0.4) is 0 Å². The molecule has 1 aromatic carbocycles. The van der Waals surface area contributed by atoms with E-state index in [4.69, 9.17) is 0 Å². The molecule has 4 aliphatic rings. The molecule has 128 valence electrons. The van der Waals surface area contributed by atoms with Crippen LogP contribution in [0.25, 0.3) is 0 Å². The van der Waals surface area contributed by atoms with Crippen LogP contribution in [0.15, 0.2) is 29.4 Å². The van der Waals surface area contributed by atoms with Gasteiger partial charge in [-0.2, -0.15) is 5.10 Å². The molecule has 2 unspecified atom stereocenters. The summed E-state index contributed by atoms with van der Waals surface area (Å²) in [5, 5.41) is 13.9. The monoisotopic (exact) mass is 326 g/mol. The molecule has 2 N–H and O–H groups in total. The lowest BCUT2D eigenvalue weighted by atomic mass is 9.40. The average molecular weight is 326 g/mol. The zero-order chi connectivity index (χ0) is 17.0. The number of nitrogens with zero attached hydrogens (tertiary/aromatic N) is 1. The normalized spacial score (nSPS) is 40.2. The van der Waals surface area contributed by atoms with Crippen LogP contribution in [-0.4, -0.2) is 17.2 Å². The number of nitrogens with one attached hydrogen (secondary N) is 1. The van der Waals surface area contributed by atoms with E-state index >= 15 is 0 Å². The molecule has 0 heterocycles. The number of phenolic OH excluding ortho intramolecular Hbond substituents is 1. The highest BCUT2D eigenvalue weighted by atomic mass is 16.3. The number of carbonyl (C=O) groups excluding carboxylic acids is 1. The number of amides is 1. The average Bonchev–Trinajstić information content (AvgIpc) is 2.45. The van der Waals surface area contributed by atoms with Crippen LogP contribution in [-0.2, 0) is 4.79 Å². The Bertz CT molecular complexity index is 693. The molecule has 0 aliphatic heterocycles. The number of rotatable bonds is 3. The smallest absolute Gasteiger partial charge is 0.246 e. The van der Waals surface area contributed by atoms with Crippen molar-refractivity contribution in [2.24, 2.45) is 27.3 Å². The van der Waals surface area contributed by atoms with Gasteiger partial charge in [0.25, 0.3) is 0 Å². The van der Waals surface area contributed by atoms with E-state index in [0.29, 0.717) is 22.3 Å². The first-order valence-corrected chi connectivity index (χ1v) is 8.93. The van der Waals surface area contributed by atoms with Crippen molar-refractivity contribution in [1.29, 1.82) is 0 Å². The minimum Gasteiger partial charge on any atom is -0.507 e. The fourth-order valence-corrected chi connectivity index (χ4v) is 6.58. The second-order valence-electron chi connectivity index (χ2n) is 9.17. The summed E-state index contributed by atoms with van der Waals surface area (Å²) in [7, 11) is 0. The molecule has 24 heavy (non-hydrogen) atoms. The molecule has 4 atom stereocenters. The minimum absolute atomic E-state index is 0.0655. The topological polar surface area (TPSA) is 61.7 Å². The number of carbonyl (C=O) groups is 1. The number of hydrogen-bond acceptors (Lipinski definition) is 3. The third kappa shape index (κ3) is 2.52. The molecule has 0 radical (unpaired) electrons. The Morgan fingerprint density at radius 2 is 1.83 bits per heavy atom. The van der Waals surface area contributed by atoms with Gasteiger partial charge in [-0.25, -0.2) is 5.43 Å². The summed E-state index contributed by atoms with van der Waals surface area (Å²) < 4.78 is 0.